The molecular weight excluding hydrogens is 370 g/mol. The number of hydrogen-bond acceptors (Lipinski definition) is 5. The van der Waals surface area contributed by atoms with E-state index in [9.17, 15) is 14.7 Å². The van der Waals surface area contributed by atoms with E-state index in [-0.39, 0.29) is 11.5 Å². The molecule has 2 aromatic carbocycles. The topological polar surface area (TPSA) is 77.8 Å². The maximum Gasteiger partial charge on any atom is 0.379 e. The number of carbonyl (C=O) groups is 2. The summed E-state index contributed by atoms with van der Waals surface area (Å²) in [5.41, 5.74) is 3.32. The van der Waals surface area contributed by atoms with E-state index in [1.807, 2.05) is 24.5 Å². The summed E-state index contributed by atoms with van der Waals surface area (Å²) in [5, 5.41) is 9.51. The minimum Gasteiger partial charge on any atom is -0.508 e. The largest absolute Gasteiger partial charge is 0.508 e. The Morgan fingerprint density at radius 3 is 2.28 bits per heavy atom. The van der Waals surface area contributed by atoms with E-state index in [2.05, 4.69) is 0 Å². The first kappa shape index (κ1) is 19.9. The molecule has 0 aliphatic carbocycles. The highest BCUT2D eigenvalue weighted by Crippen LogP contribution is 2.25. The molecule has 0 bridgehead atoms. The first-order chi connectivity index (χ1) is 13.8. The lowest BCUT2D eigenvalue weighted by Crippen LogP contribution is -2.15. The molecule has 3 rings (SSSR count). The number of ether oxygens (including phenoxy) is 2. The second-order valence-corrected chi connectivity index (χ2v) is 6.48. The van der Waals surface area contributed by atoms with Crippen molar-refractivity contribution in [1.82, 2.24) is 4.57 Å². The van der Waals surface area contributed by atoms with E-state index in [0.717, 1.165) is 17.1 Å². The molecule has 0 spiro atoms. The smallest absolute Gasteiger partial charge is 0.379 e. The van der Waals surface area contributed by atoms with Gasteiger partial charge in [0.2, 0.25) is 5.76 Å². The van der Waals surface area contributed by atoms with Crippen molar-refractivity contribution in [3.63, 3.8) is 0 Å². The number of benzene rings is 2. The van der Waals surface area contributed by atoms with E-state index in [0.29, 0.717) is 11.3 Å². The van der Waals surface area contributed by atoms with Gasteiger partial charge in [-0.3, -0.25) is 4.79 Å². The van der Waals surface area contributed by atoms with E-state index >= 15 is 0 Å². The number of rotatable bonds is 5. The molecule has 0 radical (unpaired) electrons. The molecule has 0 saturated heterocycles. The lowest BCUT2D eigenvalue weighted by Gasteiger charge is -2.10. The van der Waals surface area contributed by atoms with Gasteiger partial charge in [-0.2, -0.15) is 0 Å². The predicted molar refractivity (Wildman–Crippen MR) is 109 cm³/mol. The van der Waals surface area contributed by atoms with Crippen LogP contribution in [0.5, 0.6) is 11.5 Å². The molecule has 3 aromatic rings. The zero-order chi connectivity index (χ0) is 21.0. The normalized spacial score (nSPS) is 11.2. The average Bonchev–Trinajstić information content (AvgIpc) is 2.96. The molecule has 0 unspecified atom stereocenters. The number of nitrogens with zero attached hydrogens (tertiary/aromatic N) is 1. The van der Waals surface area contributed by atoms with Gasteiger partial charge in [-0.25, -0.2) is 4.79 Å². The second-order valence-electron chi connectivity index (χ2n) is 6.48. The van der Waals surface area contributed by atoms with E-state index in [1.165, 1.54) is 13.0 Å². The SMILES string of the molecule is CC(=O)OC(=Cc1cc(C)n(-c2ccc(O)cc2)c1C)C(=O)Oc1ccccc1. The predicted octanol–water partition coefficient (Wildman–Crippen LogP) is 4.31. The fourth-order valence-electron chi connectivity index (χ4n) is 3.00. The first-order valence-electron chi connectivity index (χ1n) is 9.01. The second kappa shape index (κ2) is 8.48. The molecule has 0 aliphatic rings. The number of carbonyl (C=O) groups excluding carboxylic acids is 2. The van der Waals surface area contributed by atoms with Crippen molar-refractivity contribution in [3.05, 3.63) is 83.4 Å². The number of para-hydroxylation sites is 1. The minimum absolute atomic E-state index is 0.178. The van der Waals surface area contributed by atoms with Crippen LogP contribution in [0.2, 0.25) is 0 Å². The van der Waals surface area contributed by atoms with Crippen molar-refractivity contribution >= 4 is 18.0 Å². The van der Waals surface area contributed by atoms with Gasteiger partial charge in [-0.15, -0.1) is 0 Å². The maximum atomic E-state index is 12.6. The van der Waals surface area contributed by atoms with Gasteiger partial charge in [0, 0.05) is 24.0 Å². The number of aromatic nitrogens is 1. The van der Waals surface area contributed by atoms with Crippen molar-refractivity contribution in [2.45, 2.75) is 20.8 Å². The summed E-state index contributed by atoms with van der Waals surface area (Å²) in [7, 11) is 0. The number of aryl methyl sites for hydroxylation is 1. The van der Waals surface area contributed by atoms with Crippen LogP contribution in [0, 0.1) is 13.8 Å². The zero-order valence-electron chi connectivity index (χ0n) is 16.4. The van der Waals surface area contributed by atoms with E-state index < -0.39 is 11.9 Å². The van der Waals surface area contributed by atoms with Crippen LogP contribution in [0.1, 0.15) is 23.9 Å². The van der Waals surface area contributed by atoms with Gasteiger partial charge in [0.25, 0.3) is 0 Å². The molecule has 29 heavy (non-hydrogen) atoms. The van der Waals surface area contributed by atoms with E-state index in [4.69, 9.17) is 9.47 Å². The average molecular weight is 391 g/mol. The number of hydrogen-bond donors (Lipinski definition) is 1. The highest BCUT2D eigenvalue weighted by atomic mass is 16.6. The Morgan fingerprint density at radius 1 is 1.00 bits per heavy atom. The summed E-state index contributed by atoms with van der Waals surface area (Å²) >= 11 is 0. The Hall–Kier alpha value is -3.80. The van der Waals surface area contributed by atoms with Crippen LogP contribution >= 0.6 is 0 Å². The number of esters is 2. The van der Waals surface area contributed by atoms with Gasteiger partial charge in [-0.05, 0) is 68.0 Å². The molecule has 1 heterocycles. The summed E-state index contributed by atoms with van der Waals surface area (Å²) in [5.74, 6) is -1.05. The summed E-state index contributed by atoms with van der Waals surface area (Å²) in [6.07, 6.45) is 1.49. The Kier molecular flexibility index (Phi) is 5.83. The van der Waals surface area contributed by atoms with Crippen LogP contribution in [-0.2, 0) is 14.3 Å². The highest BCUT2D eigenvalue weighted by Gasteiger charge is 2.19. The van der Waals surface area contributed by atoms with Crippen LogP contribution in [0.25, 0.3) is 11.8 Å². The summed E-state index contributed by atoms with van der Waals surface area (Å²) in [6, 6.07) is 17.2. The standard InChI is InChI=1S/C23H21NO5/c1-15-13-18(16(2)24(15)19-9-11-20(26)12-10-19)14-22(28-17(3)25)23(27)29-21-7-5-4-6-8-21/h4-14,26H,1-3H3. The minimum atomic E-state index is -0.763. The number of phenolic OH excluding ortho intramolecular Hbond substituents is 1. The summed E-state index contributed by atoms with van der Waals surface area (Å²) in [4.78, 5) is 24.1. The van der Waals surface area contributed by atoms with Gasteiger partial charge in [0.1, 0.15) is 11.5 Å². The molecule has 6 heteroatoms. The van der Waals surface area contributed by atoms with Gasteiger partial charge >= 0.3 is 11.9 Å². The van der Waals surface area contributed by atoms with Gasteiger partial charge in [-0.1, -0.05) is 18.2 Å². The zero-order valence-corrected chi connectivity index (χ0v) is 16.4. The maximum absolute atomic E-state index is 12.6. The molecule has 0 amide bonds. The van der Waals surface area contributed by atoms with Gasteiger partial charge in [0.15, 0.2) is 0 Å². The number of aromatic hydroxyl groups is 1. The molecule has 0 atom stereocenters. The van der Waals surface area contributed by atoms with Crippen LogP contribution in [0.4, 0.5) is 0 Å². The van der Waals surface area contributed by atoms with Gasteiger partial charge in [0.05, 0.1) is 0 Å². The molecule has 1 aromatic heterocycles. The highest BCUT2D eigenvalue weighted by molar-refractivity contribution is 5.95. The third-order valence-corrected chi connectivity index (χ3v) is 4.27. The molecule has 148 valence electrons. The third-order valence-electron chi connectivity index (χ3n) is 4.27. The fourth-order valence-corrected chi connectivity index (χ4v) is 3.00. The summed E-state index contributed by atoms with van der Waals surface area (Å²) in [6.45, 7) is 5.04. The first-order valence-corrected chi connectivity index (χ1v) is 9.01. The van der Waals surface area contributed by atoms with E-state index in [1.54, 1.807) is 54.6 Å². The Balaban J connectivity index is 1.97. The van der Waals surface area contributed by atoms with Crippen LogP contribution in [0.15, 0.2) is 66.4 Å². The molecule has 0 saturated carbocycles. The summed E-state index contributed by atoms with van der Waals surface area (Å²) < 4.78 is 12.4. The van der Waals surface area contributed by atoms with Crippen molar-refractivity contribution in [1.29, 1.82) is 0 Å². The lowest BCUT2D eigenvalue weighted by molar-refractivity contribution is -0.145. The van der Waals surface area contributed by atoms with Crippen molar-refractivity contribution in [2.75, 3.05) is 0 Å². The molecule has 1 N–H and O–H groups in total. The lowest BCUT2D eigenvalue weighted by atomic mass is 10.2. The molecule has 6 nitrogen and oxygen atoms in total. The van der Waals surface area contributed by atoms with Crippen molar-refractivity contribution in [3.8, 4) is 17.2 Å². The number of phenols is 1. The van der Waals surface area contributed by atoms with Crippen LogP contribution in [0.3, 0.4) is 0 Å². The molecule has 0 aliphatic heterocycles. The quantitative estimate of drug-likeness (QED) is 0.303. The Labute approximate surface area is 168 Å². The van der Waals surface area contributed by atoms with Crippen molar-refractivity contribution < 1.29 is 24.2 Å². The Morgan fingerprint density at radius 2 is 1.66 bits per heavy atom. The van der Waals surface area contributed by atoms with Crippen LogP contribution < -0.4 is 4.74 Å². The monoisotopic (exact) mass is 391 g/mol. The van der Waals surface area contributed by atoms with Crippen molar-refractivity contribution in [2.24, 2.45) is 0 Å². The van der Waals surface area contributed by atoms with Crippen LogP contribution in [-0.4, -0.2) is 21.6 Å². The Bertz CT molecular complexity index is 1060. The van der Waals surface area contributed by atoms with Gasteiger partial charge < -0.3 is 19.1 Å². The third kappa shape index (κ3) is 4.73. The molecular formula is C23H21NO5. The molecule has 0 fully saturated rings. The fraction of sp³-hybridized carbons (Fsp3) is 0.130.